The van der Waals surface area contributed by atoms with Gasteiger partial charge in [0.25, 0.3) is 0 Å². The number of fused-ring (bicyclic) bond motifs is 1. The normalized spacial score (nSPS) is 13.7. The van der Waals surface area contributed by atoms with Crippen molar-refractivity contribution >= 4 is 17.4 Å². The number of pyridine rings is 1. The van der Waals surface area contributed by atoms with Crippen molar-refractivity contribution in [1.82, 2.24) is 4.98 Å². The molecule has 1 aromatic carbocycles. The third-order valence-electron chi connectivity index (χ3n) is 3.62. The van der Waals surface area contributed by atoms with E-state index in [4.69, 9.17) is 5.73 Å². The molecule has 21 heavy (non-hydrogen) atoms. The Morgan fingerprint density at radius 2 is 2.19 bits per heavy atom. The summed E-state index contributed by atoms with van der Waals surface area (Å²) in [5.74, 6) is 0.435. The standard InChI is InChI=1S/C16H18N4O/c1-11-4-2-6-15(18-11)19-20-9-3-5-12-10-13(16(17)21)7-8-14(12)20/h2,4,6-8,10H,3,5,9H2,1H3,(H2,17,21)(H,18,19). The Kier molecular flexibility index (Phi) is 3.48. The van der Waals surface area contributed by atoms with Gasteiger partial charge in [0.15, 0.2) is 0 Å². The van der Waals surface area contributed by atoms with E-state index < -0.39 is 0 Å². The zero-order valence-electron chi connectivity index (χ0n) is 12.0. The minimum atomic E-state index is -0.386. The maximum Gasteiger partial charge on any atom is 0.248 e. The van der Waals surface area contributed by atoms with Crippen LogP contribution in [-0.4, -0.2) is 17.4 Å². The van der Waals surface area contributed by atoms with Crippen LogP contribution in [0.4, 0.5) is 11.5 Å². The number of hydrogen-bond donors (Lipinski definition) is 2. The van der Waals surface area contributed by atoms with Gasteiger partial charge in [-0.2, -0.15) is 0 Å². The van der Waals surface area contributed by atoms with Crippen molar-refractivity contribution in [1.29, 1.82) is 0 Å². The van der Waals surface area contributed by atoms with Crippen LogP contribution in [0.25, 0.3) is 0 Å². The van der Waals surface area contributed by atoms with Crippen molar-refractivity contribution in [3.63, 3.8) is 0 Å². The number of hydrazine groups is 1. The molecule has 2 aromatic rings. The number of carbonyl (C=O) groups excluding carboxylic acids is 1. The molecule has 5 heteroatoms. The summed E-state index contributed by atoms with van der Waals surface area (Å²) in [6, 6.07) is 11.5. The van der Waals surface area contributed by atoms with E-state index in [1.807, 2.05) is 37.3 Å². The van der Waals surface area contributed by atoms with Gasteiger partial charge in [-0.1, -0.05) is 6.07 Å². The minimum absolute atomic E-state index is 0.386. The first-order valence-corrected chi connectivity index (χ1v) is 7.04. The number of nitrogens with two attached hydrogens (primary N) is 1. The summed E-state index contributed by atoms with van der Waals surface area (Å²) in [4.78, 5) is 15.7. The fourth-order valence-electron chi connectivity index (χ4n) is 2.61. The first-order chi connectivity index (χ1) is 10.1. The lowest BCUT2D eigenvalue weighted by Gasteiger charge is -2.32. The SMILES string of the molecule is Cc1cccc(NN2CCCc3cc(C(N)=O)ccc32)n1. The lowest BCUT2D eigenvalue weighted by atomic mass is 10.00. The number of aryl methyl sites for hydroxylation is 2. The van der Waals surface area contributed by atoms with Crippen molar-refractivity contribution in [3.8, 4) is 0 Å². The number of primary amides is 1. The average Bonchev–Trinajstić information content (AvgIpc) is 2.47. The Bertz CT molecular complexity index is 684. The summed E-state index contributed by atoms with van der Waals surface area (Å²) in [6.45, 7) is 2.87. The molecule has 0 atom stereocenters. The van der Waals surface area contributed by atoms with Gasteiger partial charge in [0.2, 0.25) is 5.91 Å². The molecule has 5 nitrogen and oxygen atoms in total. The third-order valence-corrected chi connectivity index (χ3v) is 3.62. The molecule has 0 unspecified atom stereocenters. The largest absolute Gasteiger partial charge is 0.366 e. The Balaban J connectivity index is 1.88. The molecule has 0 bridgehead atoms. The van der Waals surface area contributed by atoms with Crippen LogP contribution in [0.2, 0.25) is 0 Å². The molecule has 1 aliphatic rings. The molecule has 0 fully saturated rings. The van der Waals surface area contributed by atoms with E-state index in [2.05, 4.69) is 15.4 Å². The predicted molar refractivity (Wildman–Crippen MR) is 83.2 cm³/mol. The van der Waals surface area contributed by atoms with Gasteiger partial charge in [0.1, 0.15) is 5.82 Å². The quantitative estimate of drug-likeness (QED) is 0.906. The number of anilines is 2. The van der Waals surface area contributed by atoms with Crippen molar-refractivity contribution in [2.75, 3.05) is 17.0 Å². The number of rotatable bonds is 3. The van der Waals surface area contributed by atoms with Crippen LogP contribution in [0.5, 0.6) is 0 Å². The topological polar surface area (TPSA) is 71.2 Å². The van der Waals surface area contributed by atoms with Crippen LogP contribution in [0.15, 0.2) is 36.4 Å². The first-order valence-electron chi connectivity index (χ1n) is 7.04. The number of amides is 1. The first kappa shape index (κ1) is 13.4. The van der Waals surface area contributed by atoms with Crippen molar-refractivity contribution in [2.24, 2.45) is 5.73 Å². The van der Waals surface area contributed by atoms with Gasteiger partial charge in [-0.25, -0.2) is 4.98 Å². The number of nitrogens with one attached hydrogen (secondary N) is 1. The fraction of sp³-hybridized carbons (Fsp3) is 0.250. The molecular formula is C16H18N4O. The Hall–Kier alpha value is -2.56. The lowest BCUT2D eigenvalue weighted by molar-refractivity contribution is 0.1000. The average molecular weight is 282 g/mol. The maximum absolute atomic E-state index is 11.3. The summed E-state index contributed by atoms with van der Waals surface area (Å²) < 4.78 is 0. The Morgan fingerprint density at radius 1 is 1.33 bits per heavy atom. The number of carbonyl (C=O) groups is 1. The van der Waals surface area contributed by atoms with E-state index in [-0.39, 0.29) is 5.91 Å². The molecular weight excluding hydrogens is 264 g/mol. The van der Waals surface area contributed by atoms with Gasteiger partial charge in [-0.15, -0.1) is 0 Å². The van der Waals surface area contributed by atoms with E-state index in [1.165, 1.54) is 0 Å². The van der Waals surface area contributed by atoms with Gasteiger partial charge in [0.05, 0.1) is 5.69 Å². The highest BCUT2D eigenvalue weighted by Gasteiger charge is 2.18. The fourth-order valence-corrected chi connectivity index (χ4v) is 2.61. The molecule has 1 amide bonds. The van der Waals surface area contributed by atoms with Crippen LogP contribution in [0, 0.1) is 6.92 Å². The second-order valence-corrected chi connectivity index (χ2v) is 5.24. The van der Waals surface area contributed by atoms with Crippen molar-refractivity contribution in [2.45, 2.75) is 19.8 Å². The number of benzene rings is 1. The van der Waals surface area contributed by atoms with Crippen molar-refractivity contribution < 1.29 is 4.79 Å². The summed E-state index contributed by atoms with van der Waals surface area (Å²) >= 11 is 0. The van der Waals surface area contributed by atoms with Crippen LogP contribution < -0.4 is 16.2 Å². The molecule has 0 saturated heterocycles. The van der Waals surface area contributed by atoms with Crippen LogP contribution in [-0.2, 0) is 6.42 Å². The zero-order chi connectivity index (χ0) is 14.8. The number of nitrogens with zero attached hydrogens (tertiary/aromatic N) is 2. The van der Waals surface area contributed by atoms with Gasteiger partial charge in [0, 0.05) is 17.8 Å². The summed E-state index contributed by atoms with van der Waals surface area (Å²) in [6.07, 6.45) is 1.98. The number of aromatic nitrogens is 1. The Morgan fingerprint density at radius 3 is 2.95 bits per heavy atom. The lowest BCUT2D eigenvalue weighted by Crippen LogP contribution is -2.35. The highest BCUT2D eigenvalue weighted by molar-refractivity contribution is 5.93. The maximum atomic E-state index is 11.3. The molecule has 3 N–H and O–H groups in total. The molecule has 108 valence electrons. The van der Waals surface area contributed by atoms with Crippen LogP contribution >= 0.6 is 0 Å². The molecule has 2 heterocycles. The predicted octanol–water partition coefficient (Wildman–Crippen LogP) is 2.27. The third kappa shape index (κ3) is 2.81. The van der Waals surface area contributed by atoms with E-state index in [0.717, 1.165) is 42.1 Å². The molecule has 3 rings (SSSR count). The Labute approximate surface area is 123 Å². The second kappa shape index (κ2) is 5.44. The van der Waals surface area contributed by atoms with Crippen LogP contribution in [0.3, 0.4) is 0 Å². The van der Waals surface area contributed by atoms with Gasteiger partial charge in [-0.05, 0) is 55.7 Å². The molecule has 0 saturated carbocycles. The highest BCUT2D eigenvalue weighted by Crippen LogP contribution is 2.28. The smallest absolute Gasteiger partial charge is 0.248 e. The molecule has 0 radical (unpaired) electrons. The second-order valence-electron chi connectivity index (χ2n) is 5.24. The summed E-state index contributed by atoms with van der Waals surface area (Å²) in [5.41, 5.74) is 12.4. The summed E-state index contributed by atoms with van der Waals surface area (Å²) in [7, 11) is 0. The molecule has 0 aliphatic carbocycles. The monoisotopic (exact) mass is 282 g/mol. The van der Waals surface area contributed by atoms with Crippen molar-refractivity contribution in [3.05, 3.63) is 53.2 Å². The molecule has 0 spiro atoms. The van der Waals surface area contributed by atoms with E-state index in [0.29, 0.717) is 5.56 Å². The van der Waals surface area contributed by atoms with Gasteiger partial charge < -0.3 is 5.73 Å². The zero-order valence-corrected chi connectivity index (χ0v) is 12.0. The number of hydrogen-bond acceptors (Lipinski definition) is 4. The molecule has 1 aliphatic heterocycles. The minimum Gasteiger partial charge on any atom is -0.366 e. The van der Waals surface area contributed by atoms with Gasteiger partial charge in [-0.3, -0.25) is 15.2 Å². The molecule has 1 aromatic heterocycles. The van der Waals surface area contributed by atoms with E-state index in [9.17, 15) is 4.79 Å². The van der Waals surface area contributed by atoms with E-state index >= 15 is 0 Å². The summed E-state index contributed by atoms with van der Waals surface area (Å²) in [5, 5.41) is 2.07. The van der Waals surface area contributed by atoms with Crippen LogP contribution in [0.1, 0.15) is 28.0 Å². The van der Waals surface area contributed by atoms with Gasteiger partial charge >= 0.3 is 0 Å². The highest BCUT2D eigenvalue weighted by atomic mass is 16.1. The van der Waals surface area contributed by atoms with E-state index in [1.54, 1.807) is 6.07 Å².